The zero-order valence-electron chi connectivity index (χ0n) is 16.3. The van der Waals surface area contributed by atoms with Crippen LogP contribution >= 0.6 is 0 Å². The number of halogens is 2. The van der Waals surface area contributed by atoms with Crippen molar-refractivity contribution in [2.45, 2.75) is 13.5 Å². The minimum atomic E-state index is -2.90. The number of nitrogens with zero attached hydrogens (tertiary/aromatic N) is 3. The Kier molecular flexibility index (Phi) is 5.38. The first-order valence-corrected chi connectivity index (χ1v) is 9.12. The molecule has 0 radical (unpaired) electrons. The van der Waals surface area contributed by atoms with Crippen LogP contribution in [0, 0.1) is 6.92 Å². The second-order valence-electron chi connectivity index (χ2n) is 6.50. The average Bonchev–Trinajstić information content (AvgIpc) is 2.73. The number of pyridine rings is 1. The highest BCUT2D eigenvalue weighted by atomic mass is 19.3. The van der Waals surface area contributed by atoms with Crippen molar-refractivity contribution in [2.75, 3.05) is 12.4 Å². The van der Waals surface area contributed by atoms with Gasteiger partial charge in [0.15, 0.2) is 5.82 Å². The predicted octanol–water partition coefficient (Wildman–Crippen LogP) is 5.35. The van der Waals surface area contributed by atoms with E-state index >= 15 is 0 Å². The van der Waals surface area contributed by atoms with Gasteiger partial charge in [0.2, 0.25) is 0 Å². The van der Waals surface area contributed by atoms with Crippen LogP contribution in [0.5, 0.6) is 11.5 Å². The molecule has 2 aromatic heterocycles. The molecule has 0 saturated heterocycles. The summed E-state index contributed by atoms with van der Waals surface area (Å²) in [6, 6.07) is 15.5. The van der Waals surface area contributed by atoms with Crippen molar-refractivity contribution in [3.05, 3.63) is 66.5 Å². The van der Waals surface area contributed by atoms with E-state index in [4.69, 9.17) is 4.74 Å². The van der Waals surface area contributed by atoms with Crippen molar-refractivity contribution >= 4 is 22.4 Å². The molecule has 0 fully saturated rings. The quantitative estimate of drug-likeness (QED) is 0.464. The highest BCUT2D eigenvalue weighted by molar-refractivity contribution is 5.93. The van der Waals surface area contributed by atoms with Crippen molar-refractivity contribution in [2.24, 2.45) is 0 Å². The third kappa shape index (κ3) is 4.27. The number of anilines is 2. The minimum absolute atomic E-state index is 0.0499. The van der Waals surface area contributed by atoms with Crippen LogP contribution in [0.4, 0.5) is 20.3 Å². The Hall–Kier alpha value is -3.81. The molecule has 4 rings (SSSR count). The molecule has 0 aliphatic heterocycles. The Balaban J connectivity index is 1.80. The zero-order chi connectivity index (χ0) is 21.1. The standard InChI is InChI=1S/C22H18F2N4O2/c1-13-6-7-14(12-25-13)20-27-19-9-8-16(29-2)11-18(19)21(28-20)26-15-4-3-5-17(10-15)30-22(23)24/h3-12,22H,1-2H3,(H,26,27,28). The van der Waals surface area contributed by atoms with Crippen molar-refractivity contribution in [1.29, 1.82) is 0 Å². The lowest BCUT2D eigenvalue weighted by molar-refractivity contribution is -0.0498. The van der Waals surface area contributed by atoms with Crippen molar-refractivity contribution in [1.82, 2.24) is 15.0 Å². The molecule has 0 unspecified atom stereocenters. The summed E-state index contributed by atoms with van der Waals surface area (Å²) in [7, 11) is 1.58. The summed E-state index contributed by atoms with van der Waals surface area (Å²) in [4.78, 5) is 13.6. The fraction of sp³-hybridized carbons (Fsp3) is 0.136. The molecule has 0 aliphatic carbocycles. The van der Waals surface area contributed by atoms with Gasteiger partial charge in [0, 0.05) is 34.6 Å². The lowest BCUT2D eigenvalue weighted by Gasteiger charge is -2.13. The molecule has 2 heterocycles. The molecule has 4 aromatic rings. The summed E-state index contributed by atoms with van der Waals surface area (Å²) >= 11 is 0. The third-order valence-electron chi connectivity index (χ3n) is 4.39. The molecule has 0 atom stereocenters. The molecule has 152 valence electrons. The maximum atomic E-state index is 12.6. The highest BCUT2D eigenvalue weighted by Crippen LogP contribution is 2.31. The van der Waals surface area contributed by atoms with Crippen LogP contribution < -0.4 is 14.8 Å². The summed E-state index contributed by atoms with van der Waals surface area (Å²) < 4.78 is 34.9. The highest BCUT2D eigenvalue weighted by Gasteiger charge is 2.12. The van der Waals surface area contributed by atoms with E-state index < -0.39 is 6.61 Å². The van der Waals surface area contributed by atoms with Crippen molar-refractivity contribution < 1.29 is 18.3 Å². The summed E-state index contributed by atoms with van der Waals surface area (Å²) in [6.07, 6.45) is 1.71. The lowest BCUT2D eigenvalue weighted by Crippen LogP contribution is -2.03. The molecule has 8 heteroatoms. The fourth-order valence-electron chi connectivity index (χ4n) is 2.95. The van der Waals surface area contributed by atoms with Crippen LogP contribution in [0.15, 0.2) is 60.8 Å². The summed E-state index contributed by atoms with van der Waals surface area (Å²) in [5, 5.41) is 3.90. The van der Waals surface area contributed by atoms with Gasteiger partial charge in [-0.3, -0.25) is 4.98 Å². The Morgan fingerprint density at radius 2 is 1.83 bits per heavy atom. The summed E-state index contributed by atoms with van der Waals surface area (Å²) in [6.45, 7) is -0.997. The maximum Gasteiger partial charge on any atom is 0.387 e. The van der Waals surface area contributed by atoms with E-state index in [-0.39, 0.29) is 5.75 Å². The second kappa shape index (κ2) is 8.28. The average molecular weight is 408 g/mol. The summed E-state index contributed by atoms with van der Waals surface area (Å²) in [5.74, 6) is 1.69. The predicted molar refractivity (Wildman–Crippen MR) is 110 cm³/mol. The molecular weight excluding hydrogens is 390 g/mol. The first kappa shape index (κ1) is 19.5. The van der Waals surface area contributed by atoms with Gasteiger partial charge in [-0.25, -0.2) is 9.97 Å². The Morgan fingerprint density at radius 3 is 2.57 bits per heavy atom. The van der Waals surface area contributed by atoms with Gasteiger partial charge in [-0.15, -0.1) is 0 Å². The molecular formula is C22H18F2N4O2. The lowest BCUT2D eigenvalue weighted by atomic mass is 10.2. The van der Waals surface area contributed by atoms with E-state index in [9.17, 15) is 8.78 Å². The Bertz CT molecular complexity index is 1180. The van der Waals surface area contributed by atoms with Gasteiger partial charge < -0.3 is 14.8 Å². The largest absolute Gasteiger partial charge is 0.497 e. The topological polar surface area (TPSA) is 69.2 Å². The number of rotatable bonds is 6. The summed E-state index contributed by atoms with van der Waals surface area (Å²) in [5.41, 5.74) is 2.89. The number of aromatic nitrogens is 3. The van der Waals surface area contributed by atoms with Crippen LogP contribution in [-0.2, 0) is 0 Å². The molecule has 0 amide bonds. The van der Waals surface area contributed by atoms with Crippen molar-refractivity contribution in [3.8, 4) is 22.9 Å². The molecule has 0 aliphatic rings. The van der Waals surface area contributed by atoms with E-state index in [1.54, 1.807) is 25.4 Å². The van der Waals surface area contributed by atoms with Crippen LogP contribution in [0.25, 0.3) is 22.3 Å². The number of nitrogens with one attached hydrogen (secondary N) is 1. The number of hydrogen-bond acceptors (Lipinski definition) is 6. The molecule has 0 saturated carbocycles. The number of ether oxygens (including phenoxy) is 2. The van der Waals surface area contributed by atoms with Crippen LogP contribution in [0.3, 0.4) is 0 Å². The molecule has 0 spiro atoms. The zero-order valence-corrected chi connectivity index (χ0v) is 16.3. The van der Waals surface area contributed by atoms with Gasteiger partial charge in [-0.1, -0.05) is 6.07 Å². The van der Waals surface area contributed by atoms with Gasteiger partial charge in [0.05, 0.1) is 12.6 Å². The first-order chi connectivity index (χ1) is 14.5. The molecule has 30 heavy (non-hydrogen) atoms. The number of benzene rings is 2. The maximum absolute atomic E-state index is 12.6. The second-order valence-corrected chi connectivity index (χ2v) is 6.50. The fourth-order valence-corrected chi connectivity index (χ4v) is 2.95. The third-order valence-corrected chi connectivity index (χ3v) is 4.39. The van der Waals surface area contributed by atoms with Crippen LogP contribution in [-0.4, -0.2) is 28.7 Å². The van der Waals surface area contributed by atoms with E-state index in [0.717, 1.165) is 16.6 Å². The SMILES string of the molecule is COc1ccc2nc(-c3ccc(C)nc3)nc(Nc3cccc(OC(F)F)c3)c2c1. The van der Waals surface area contributed by atoms with E-state index in [1.807, 2.05) is 37.3 Å². The van der Waals surface area contributed by atoms with Crippen molar-refractivity contribution in [3.63, 3.8) is 0 Å². The monoisotopic (exact) mass is 408 g/mol. The van der Waals surface area contributed by atoms with Crippen LogP contribution in [0.1, 0.15) is 5.69 Å². The van der Waals surface area contributed by atoms with Gasteiger partial charge in [0.25, 0.3) is 0 Å². The Morgan fingerprint density at radius 1 is 0.967 bits per heavy atom. The number of aryl methyl sites for hydroxylation is 1. The number of methoxy groups -OCH3 is 1. The molecule has 6 nitrogen and oxygen atoms in total. The molecule has 2 aromatic carbocycles. The normalized spacial score (nSPS) is 11.0. The minimum Gasteiger partial charge on any atom is -0.497 e. The number of fused-ring (bicyclic) bond motifs is 1. The first-order valence-electron chi connectivity index (χ1n) is 9.12. The number of hydrogen-bond donors (Lipinski definition) is 1. The van der Waals surface area contributed by atoms with Gasteiger partial charge in [-0.05, 0) is 49.4 Å². The van der Waals surface area contributed by atoms with Gasteiger partial charge >= 0.3 is 6.61 Å². The smallest absolute Gasteiger partial charge is 0.387 e. The van der Waals surface area contributed by atoms with E-state index in [2.05, 4.69) is 25.0 Å². The van der Waals surface area contributed by atoms with Gasteiger partial charge in [0.1, 0.15) is 17.3 Å². The van der Waals surface area contributed by atoms with E-state index in [1.165, 1.54) is 12.1 Å². The molecule has 1 N–H and O–H groups in total. The van der Waals surface area contributed by atoms with E-state index in [0.29, 0.717) is 28.6 Å². The van der Waals surface area contributed by atoms with Crippen LogP contribution in [0.2, 0.25) is 0 Å². The Labute approximate surface area is 171 Å². The molecule has 0 bridgehead atoms. The van der Waals surface area contributed by atoms with Gasteiger partial charge in [-0.2, -0.15) is 8.78 Å². The number of alkyl halides is 2.